The van der Waals surface area contributed by atoms with Gasteiger partial charge in [0.15, 0.2) is 0 Å². The lowest BCUT2D eigenvalue weighted by atomic mass is 10.1. The van der Waals surface area contributed by atoms with Gasteiger partial charge in [0.05, 0.1) is 12.9 Å². The van der Waals surface area contributed by atoms with Gasteiger partial charge in [-0.05, 0) is 12.1 Å². The largest absolute Gasteiger partial charge is 0.489 e. The summed E-state index contributed by atoms with van der Waals surface area (Å²) in [7, 11) is 0. The Bertz CT molecular complexity index is 846. The van der Waals surface area contributed by atoms with E-state index in [1.165, 1.54) is 0 Å². The first-order valence-electron chi connectivity index (χ1n) is 8.41. The number of carbonyl (C=O) groups is 1. The first kappa shape index (κ1) is 15.4. The maximum absolute atomic E-state index is 12.9. The highest BCUT2D eigenvalue weighted by atomic mass is 16.5. The van der Waals surface area contributed by atoms with Gasteiger partial charge in [-0.15, -0.1) is 0 Å². The zero-order chi connectivity index (χ0) is 17.1. The SMILES string of the molecule is O=C(c1[nH]cnc1-c1ccccc1)N1CC[C@H](Oc2ccccc2)C1. The Balaban J connectivity index is 1.47. The molecule has 0 bridgehead atoms. The number of carbonyl (C=O) groups excluding carboxylic acids is 1. The van der Waals surface area contributed by atoms with Crippen LogP contribution in [0.3, 0.4) is 0 Å². The number of ether oxygens (including phenoxy) is 1. The molecule has 2 aromatic carbocycles. The molecule has 25 heavy (non-hydrogen) atoms. The van der Waals surface area contributed by atoms with Gasteiger partial charge in [0.2, 0.25) is 0 Å². The van der Waals surface area contributed by atoms with E-state index in [0.29, 0.717) is 24.5 Å². The molecule has 3 aromatic rings. The molecular weight excluding hydrogens is 314 g/mol. The molecule has 4 rings (SSSR count). The summed E-state index contributed by atoms with van der Waals surface area (Å²) >= 11 is 0. The minimum Gasteiger partial charge on any atom is -0.489 e. The van der Waals surface area contributed by atoms with Crippen LogP contribution in [0.25, 0.3) is 11.3 Å². The molecule has 5 heteroatoms. The van der Waals surface area contributed by atoms with Crippen LogP contribution in [0.4, 0.5) is 0 Å². The number of hydrogen-bond acceptors (Lipinski definition) is 3. The Morgan fingerprint density at radius 1 is 1.08 bits per heavy atom. The molecule has 0 unspecified atom stereocenters. The van der Waals surface area contributed by atoms with E-state index < -0.39 is 0 Å². The van der Waals surface area contributed by atoms with Crippen LogP contribution >= 0.6 is 0 Å². The van der Waals surface area contributed by atoms with Crippen molar-refractivity contribution < 1.29 is 9.53 Å². The van der Waals surface area contributed by atoms with Crippen molar-refractivity contribution in [2.75, 3.05) is 13.1 Å². The molecule has 1 aromatic heterocycles. The van der Waals surface area contributed by atoms with Gasteiger partial charge in [0.25, 0.3) is 5.91 Å². The topological polar surface area (TPSA) is 58.2 Å². The number of H-pyrrole nitrogens is 1. The van der Waals surface area contributed by atoms with Gasteiger partial charge in [0, 0.05) is 18.5 Å². The third-order valence-electron chi connectivity index (χ3n) is 4.38. The average molecular weight is 333 g/mol. The smallest absolute Gasteiger partial charge is 0.272 e. The second kappa shape index (κ2) is 6.81. The van der Waals surface area contributed by atoms with Crippen LogP contribution in [-0.4, -0.2) is 40.0 Å². The van der Waals surface area contributed by atoms with Crippen molar-refractivity contribution in [3.05, 3.63) is 72.7 Å². The standard InChI is InChI=1S/C20H19N3O2/c24-20(19-18(21-14-22-19)15-7-3-1-4-8-15)23-12-11-17(13-23)25-16-9-5-2-6-10-16/h1-10,14,17H,11-13H2,(H,21,22)/t17-/m0/s1. The first-order chi connectivity index (χ1) is 12.3. The summed E-state index contributed by atoms with van der Waals surface area (Å²) in [6.45, 7) is 1.27. The summed E-state index contributed by atoms with van der Waals surface area (Å²) in [5.41, 5.74) is 2.16. The Hall–Kier alpha value is -3.08. The van der Waals surface area contributed by atoms with Crippen LogP contribution in [0.2, 0.25) is 0 Å². The van der Waals surface area contributed by atoms with Gasteiger partial charge >= 0.3 is 0 Å². The van der Waals surface area contributed by atoms with E-state index >= 15 is 0 Å². The molecule has 1 aliphatic rings. The fraction of sp³-hybridized carbons (Fsp3) is 0.200. The third-order valence-corrected chi connectivity index (χ3v) is 4.38. The maximum atomic E-state index is 12.9. The number of imidazole rings is 1. The number of nitrogens with zero attached hydrogens (tertiary/aromatic N) is 2. The van der Waals surface area contributed by atoms with Gasteiger partial charge < -0.3 is 14.6 Å². The summed E-state index contributed by atoms with van der Waals surface area (Å²) in [6.07, 6.45) is 2.42. The van der Waals surface area contributed by atoms with Gasteiger partial charge in [-0.3, -0.25) is 4.79 Å². The highest BCUT2D eigenvalue weighted by Gasteiger charge is 2.30. The minimum atomic E-state index is -0.0319. The first-order valence-corrected chi connectivity index (χ1v) is 8.41. The number of aromatic amines is 1. The van der Waals surface area contributed by atoms with E-state index in [4.69, 9.17) is 4.74 Å². The number of nitrogens with one attached hydrogen (secondary N) is 1. The van der Waals surface area contributed by atoms with Crippen LogP contribution < -0.4 is 4.74 Å². The number of rotatable bonds is 4. The van der Waals surface area contributed by atoms with Gasteiger partial charge in [-0.1, -0.05) is 48.5 Å². The molecule has 0 radical (unpaired) electrons. The van der Waals surface area contributed by atoms with Crippen molar-refractivity contribution in [2.24, 2.45) is 0 Å². The van der Waals surface area contributed by atoms with Gasteiger partial charge in [0.1, 0.15) is 23.2 Å². The van der Waals surface area contributed by atoms with Crippen LogP contribution in [0.5, 0.6) is 5.75 Å². The molecule has 1 saturated heterocycles. The Morgan fingerprint density at radius 3 is 2.56 bits per heavy atom. The van der Waals surface area contributed by atoms with Crippen LogP contribution in [0.1, 0.15) is 16.9 Å². The molecule has 1 N–H and O–H groups in total. The second-order valence-corrected chi connectivity index (χ2v) is 6.08. The molecule has 0 saturated carbocycles. The van der Waals surface area contributed by atoms with Crippen LogP contribution in [-0.2, 0) is 0 Å². The zero-order valence-corrected chi connectivity index (χ0v) is 13.8. The van der Waals surface area contributed by atoms with Crippen molar-refractivity contribution in [3.63, 3.8) is 0 Å². The molecule has 1 aliphatic heterocycles. The van der Waals surface area contributed by atoms with E-state index in [1.54, 1.807) is 6.33 Å². The van der Waals surface area contributed by atoms with Crippen molar-refractivity contribution in [1.82, 2.24) is 14.9 Å². The molecule has 2 heterocycles. The van der Waals surface area contributed by atoms with E-state index in [9.17, 15) is 4.79 Å². The quantitative estimate of drug-likeness (QED) is 0.796. The minimum absolute atomic E-state index is 0.0226. The van der Waals surface area contributed by atoms with Crippen LogP contribution in [0, 0.1) is 0 Å². The summed E-state index contributed by atoms with van der Waals surface area (Å²) in [6, 6.07) is 19.5. The van der Waals surface area contributed by atoms with Crippen molar-refractivity contribution >= 4 is 5.91 Å². The van der Waals surface area contributed by atoms with Gasteiger partial charge in [-0.2, -0.15) is 0 Å². The summed E-state index contributed by atoms with van der Waals surface area (Å²) in [5.74, 6) is 0.809. The fourth-order valence-corrected chi connectivity index (χ4v) is 3.13. The lowest BCUT2D eigenvalue weighted by Crippen LogP contribution is -2.31. The number of hydrogen-bond donors (Lipinski definition) is 1. The fourth-order valence-electron chi connectivity index (χ4n) is 3.13. The van der Waals surface area contributed by atoms with Crippen molar-refractivity contribution in [3.8, 4) is 17.0 Å². The molecule has 0 aliphatic carbocycles. The summed E-state index contributed by atoms with van der Waals surface area (Å²) in [5, 5.41) is 0. The van der Waals surface area contributed by atoms with Gasteiger partial charge in [-0.25, -0.2) is 4.98 Å². The Morgan fingerprint density at radius 2 is 1.80 bits per heavy atom. The summed E-state index contributed by atoms with van der Waals surface area (Å²) < 4.78 is 5.97. The molecule has 5 nitrogen and oxygen atoms in total. The second-order valence-electron chi connectivity index (χ2n) is 6.08. The molecule has 0 spiro atoms. The van der Waals surface area contributed by atoms with Crippen LogP contribution in [0.15, 0.2) is 67.0 Å². The van der Waals surface area contributed by atoms with E-state index in [2.05, 4.69) is 9.97 Å². The lowest BCUT2D eigenvalue weighted by molar-refractivity contribution is 0.0768. The number of aromatic nitrogens is 2. The van der Waals surface area contributed by atoms with Crippen molar-refractivity contribution in [1.29, 1.82) is 0 Å². The number of amides is 1. The molecule has 1 atom stereocenters. The van der Waals surface area contributed by atoms with Crippen molar-refractivity contribution in [2.45, 2.75) is 12.5 Å². The molecular formula is C20H19N3O2. The third kappa shape index (κ3) is 3.26. The van der Waals surface area contributed by atoms with E-state index in [-0.39, 0.29) is 12.0 Å². The molecule has 126 valence electrons. The number of benzene rings is 2. The van der Waals surface area contributed by atoms with E-state index in [0.717, 1.165) is 17.7 Å². The summed E-state index contributed by atoms with van der Waals surface area (Å²) in [4.78, 5) is 22.1. The number of likely N-dealkylation sites (tertiary alicyclic amines) is 1. The Kier molecular flexibility index (Phi) is 4.21. The maximum Gasteiger partial charge on any atom is 0.272 e. The van der Waals surface area contributed by atoms with E-state index in [1.807, 2.05) is 65.6 Å². The molecule has 1 amide bonds. The Labute approximate surface area is 146 Å². The normalized spacial score (nSPS) is 16.8. The molecule has 1 fully saturated rings. The predicted molar refractivity (Wildman–Crippen MR) is 95.4 cm³/mol. The monoisotopic (exact) mass is 333 g/mol. The zero-order valence-electron chi connectivity index (χ0n) is 13.8. The highest BCUT2D eigenvalue weighted by molar-refractivity contribution is 5.98. The highest BCUT2D eigenvalue weighted by Crippen LogP contribution is 2.24. The number of para-hydroxylation sites is 1. The predicted octanol–water partition coefficient (Wildman–Crippen LogP) is 3.37. The lowest BCUT2D eigenvalue weighted by Gasteiger charge is -2.17. The average Bonchev–Trinajstić information content (AvgIpc) is 3.32.